The van der Waals surface area contributed by atoms with Crippen molar-refractivity contribution in [3.8, 4) is 11.3 Å². The van der Waals surface area contributed by atoms with Gasteiger partial charge in [0.1, 0.15) is 10.7 Å². The Kier molecular flexibility index (Phi) is 2.91. The summed E-state index contributed by atoms with van der Waals surface area (Å²) in [5.41, 5.74) is 1.16. The summed E-state index contributed by atoms with van der Waals surface area (Å²) in [5, 5.41) is 0. The molecule has 0 saturated heterocycles. The second-order valence-electron chi connectivity index (χ2n) is 3.36. The number of hydrogen-bond donors (Lipinski definition) is 1. The van der Waals surface area contributed by atoms with Crippen molar-refractivity contribution < 1.29 is 17.4 Å². The van der Waals surface area contributed by atoms with E-state index < -0.39 is 10.1 Å². The van der Waals surface area contributed by atoms with Gasteiger partial charge in [0.15, 0.2) is 0 Å². The molecule has 17 heavy (non-hydrogen) atoms. The smallest absolute Gasteiger partial charge is 0.282 e. The first kappa shape index (κ1) is 11.7. The Hall–Kier alpha value is -1.79. The maximum absolute atomic E-state index is 12.7. The largest absolute Gasteiger partial charge is 0.296 e. The Labute approximate surface area is 97.5 Å². The highest BCUT2D eigenvalue weighted by Crippen LogP contribution is 2.18. The third kappa shape index (κ3) is 2.66. The van der Waals surface area contributed by atoms with E-state index in [1.807, 2.05) is 0 Å². The lowest BCUT2D eigenvalue weighted by Gasteiger charge is -2.01. The highest BCUT2D eigenvalue weighted by molar-refractivity contribution is 7.85. The van der Waals surface area contributed by atoms with Crippen molar-refractivity contribution in [2.24, 2.45) is 0 Å². The van der Waals surface area contributed by atoms with Crippen LogP contribution in [0, 0.1) is 5.82 Å². The molecule has 0 amide bonds. The molecule has 6 heteroatoms. The van der Waals surface area contributed by atoms with Crippen LogP contribution in [0.15, 0.2) is 47.5 Å². The van der Waals surface area contributed by atoms with Gasteiger partial charge in [-0.2, -0.15) is 8.42 Å². The Morgan fingerprint density at radius 2 is 1.71 bits per heavy atom. The van der Waals surface area contributed by atoms with Crippen molar-refractivity contribution in [3.63, 3.8) is 0 Å². The molecule has 0 saturated carbocycles. The van der Waals surface area contributed by atoms with Gasteiger partial charge >= 0.3 is 0 Å². The summed E-state index contributed by atoms with van der Waals surface area (Å²) in [4.78, 5) is 3.61. The van der Waals surface area contributed by atoms with Crippen LogP contribution in [0.5, 0.6) is 0 Å². The molecule has 0 spiro atoms. The monoisotopic (exact) mass is 253 g/mol. The van der Waals surface area contributed by atoms with E-state index in [9.17, 15) is 12.8 Å². The van der Waals surface area contributed by atoms with Crippen LogP contribution in [0.3, 0.4) is 0 Å². The maximum atomic E-state index is 12.7. The molecule has 0 bridgehead atoms. The third-order valence-electron chi connectivity index (χ3n) is 2.17. The molecule has 1 heterocycles. The summed E-state index contributed by atoms with van der Waals surface area (Å²) < 4.78 is 43.0. The quantitative estimate of drug-likeness (QED) is 0.832. The fourth-order valence-corrected chi connectivity index (χ4v) is 1.75. The summed E-state index contributed by atoms with van der Waals surface area (Å²) in [6.07, 6.45) is 1.05. The van der Waals surface area contributed by atoms with Gasteiger partial charge in [0.2, 0.25) is 0 Å². The Morgan fingerprint density at radius 3 is 2.18 bits per heavy atom. The Bertz CT molecular complexity index is 621. The lowest BCUT2D eigenvalue weighted by Crippen LogP contribution is -1.98. The molecular weight excluding hydrogens is 245 g/mol. The predicted octanol–water partition coefficient (Wildman–Crippen LogP) is 2.13. The van der Waals surface area contributed by atoms with E-state index in [-0.39, 0.29) is 10.7 Å². The van der Waals surface area contributed by atoms with Crippen molar-refractivity contribution in [1.82, 2.24) is 4.98 Å². The molecule has 1 N–H and O–H groups in total. The molecule has 0 fully saturated rings. The van der Waals surface area contributed by atoms with Gasteiger partial charge in [-0.05, 0) is 36.4 Å². The molecule has 2 rings (SSSR count). The molecule has 0 aliphatic rings. The van der Waals surface area contributed by atoms with Gasteiger partial charge in [-0.15, -0.1) is 0 Å². The van der Waals surface area contributed by atoms with Crippen LogP contribution in [0.2, 0.25) is 0 Å². The van der Waals surface area contributed by atoms with Crippen molar-refractivity contribution >= 4 is 10.1 Å². The lowest BCUT2D eigenvalue weighted by molar-refractivity contribution is 0.483. The molecule has 88 valence electrons. The standard InChI is InChI=1S/C11H8FNO3S/c12-9-3-1-8(2-4-9)11-6-5-10(7-13-11)17(14,15)16/h1-7H,(H,14,15,16). The van der Waals surface area contributed by atoms with Crippen LogP contribution in [0.4, 0.5) is 4.39 Å². The van der Waals surface area contributed by atoms with Gasteiger partial charge in [-0.25, -0.2) is 4.39 Å². The second-order valence-corrected chi connectivity index (χ2v) is 4.78. The average molecular weight is 253 g/mol. The predicted molar refractivity (Wildman–Crippen MR) is 59.4 cm³/mol. The number of nitrogens with zero attached hydrogens (tertiary/aromatic N) is 1. The van der Waals surface area contributed by atoms with E-state index in [1.165, 1.54) is 36.4 Å². The topological polar surface area (TPSA) is 67.3 Å². The number of aromatic nitrogens is 1. The Morgan fingerprint density at radius 1 is 1.06 bits per heavy atom. The van der Waals surface area contributed by atoms with Crippen molar-refractivity contribution in [2.45, 2.75) is 4.90 Å². The molecule has 0 radical (unpaired) electrons. The normalized spacial score (nSPS) is 11.4. The molecule has 1 aromatic carbocycles. The second kappa shape index (κ2) is 4.23. The van der Waals surface area contributed by atoms with E-state index in [4.69, 9.17) is 4.55 Å². The molecular formula is C11H8FNO3S. The number of halogens is 1. The third-order valence-corrected chi connectivity index (χ3v) is 3.01. The first-order chi connectivity index (χ1) is 7.97. The average Bonchev–Trinajstić information content (AvgIpc) is 2.29. The summed E-state index contributed by atoms with van der Waals surface area (Å²) in [7, 11) is -4.23. The van der Waals surface area contributed by atoms with Gasteiger partial charge < -0.3 is 0 Å². The summed E-state index contributed by atoms with van der Waals surface area (Å²) in [6.45, 7) is 0. The molecule has 1 aromatic heterocycles. The molecule has 0 aliphatic heterocycles. The fourth-order valence-electron chi connectivity index (χ4n) is 1.32. The number of hydrogen-bond acceptors (Lipinski definition) is 3. The van der Waals surface area contributed by atoms with Crippen LogP contribution in [-0.4, -0.2) is 18.0 Å². The number of pyridine rings is 1. The van der Waals surface area contributed by atoms with Crippen LogP contribution < -0.4 is 0 Å². The minimum atomic E-state index is -4.23. The zero-order chi connectivity index (χ0) is 12.5. The lowest BCUT2D eigenvalue weighted by atomic mass is 10.1. The van der Waals surface area contributed by atoms with Crippen molar-refractivity contribution in [1.29, 1.82) is 0 Å². The molecule has 0 unspecified atom stereocenters. The zero-order valence-electron chi connectivity index (χ0n) is 8.54. The van der Waals surface area contributed by atoms with Gasteiger partial charge in [0.25, 0.3) is 10.1 Å². The van der Waals surface area contributed by atoms with Crippen LogP contribution in [-0.2, 0) is 10.1 Å². The van der Waals surface area contributed by atoms with Gasteiger partial charge in [0, 0.05) is 11.8 Å². The summed E-state index contributed by atoms with van der Waals surface area (Å²) >= 11 is 0. The van der Waals surface area contributed by atoms with E-state index >= 15 is 0 Å². The maximum Gasteiger partial charge on any atom is 0.296 e. The van der Waals surface area contributed by atoms with E-state index in [2.05, 4.69) is 4.98 Å². The minimum absolute atomic E-state index is 0.275. The summed E-state index contributed by atoms with van der Waals surface area (Å²) in [6, 6.07) is 8.31. The number of benzene rings is 1. The number of rotatable bonds is 2. The molecule has 2 aromatic rings. The first-order valence-corrected chi connectivity index (χ1v) is 6.10. The molecule has 0 atom stereocenters. The van der Waals surface area contributed by atoms with Crippen molar-refractivity contribution in [3.05, 3.63) is 48.4 Å². The Balaban J connectivity index is 2.39. The summed E-state index contributed by atoms with van der Waals surface area (Å²) in [5.74, 6) is -0.358. The van der Waals surface area contributed by atoms with Crippen LogP contribution in [0.25, 0.3) is 11.3 Å². The highest BCUT2D eigenvalue weighted by atomic mass is 32.2. The van der Waals surface area contributed by atoms with Crippen molar-refractivity contribution in [2.75, 3.05) is 0 Å². The molecule has 4 nitrogen and oxygen atoms in total. The van der Waals surface area contributed by atoms with Crippen LogP contribution >= 0.6 is 0 Å². The SMILES string of the molecule is O=S(=O)(O)c1ccc(-c2ccc(F)cc2)nc1. The highest BCUT2D eigenvalue weighted by Gasteiger charge is 2.09. The minimum Gasteiger partial charge on any atom is -0.282 e. The van der Waals surface area contributed by atoms with Gasteiger partial charge in [0.05, 0.1) is 5.69 Å². The van der Waals surface area contributed by atoms with Gasteiger partial charge in [-0.3, -0.25) is 9.54 Å². The first-order valence-electron chi connectivity index (χ1n) is 4.66. The van der Waals surface area contributed by atoms with Gasteiger partial charge in [-0.1, -0.05) is 0 Å². The van der Waals surface area contributed by atoms with E-state index in [0.29, 0.717) is 11.3 Å². The molecule has 0 aliphatic carbocycles. The fraction of sp³-hybridized carbons (Fsp3) is 0. The zero-order valence-corrected chi connectivity index (χ0v) is 9.36. The van der Waals surface area contributed by atoms with E-state index in [1.54, 1.807) is 0 Å². The van der Waals surface area contributed by atoms with Crippen LogP contribution in [0.1, 0.15) is 0 Å². The van der Waals surface area contributed by atoms with E-state index in [0.717, 1.165) is 6.20 Å².